The van der Waals surface area contributed by atoms with Gasteiger partial charge < -0.3 is 9.14 Å². The predicted octanol–water partition coefficient (Wildman–Crippen LogP) is 4.09. The summed E-state index contributed by atoms with van der Waals surface area (Å²) in [5, 5.41) is 0. The van der Waals surface area contributed by atoms with Crippen molar-refractivity contribution in [3.63, 3.8) is 0 Å². The molecule has 3 heteroatoms. The Morgan fingerprint density at radius 2 is 2.05 bits per heavy atom. The molecule has 0 amide bonds. The smallest absolute Gasteiger partial charge is 0.121 e. The first-order valence-electron chi connectivity index (χ1n) is 6.57. The number of fused-ring (bicyclic) bond motifs is 3. The van der Waals surface area contributed by atoms with Crippen molar-refractivity contribution in [1.29, 1.82) is 0 Å². The summed E-state index contributed by atoms with van der Waals surface area (Å²) < 4.78 is 7.43. The molecule has 3 aromatic rings. The van der Waals surface area contributed by atoms with Gasteiger partial charge in [-0.3, -0.25) is 0 Å². The fourth-order valence-corrected chi connectivity index (χ4v) is 2.29. The van der Waals surface area contributed by atoms with Gasteiger partial charge in [-0.2, -0.15) is 0 Å². The fraction of sp³-hybridized carbons (Fsp3) is 0.118. The normalized spacial score (nSPS) is 12.1. The Bertz CT molecular complexity index is 812. The van der Waals surface area contributed by atoms with Gasteiger partial charge in [-0.15, -0.1) is 0 Å². The van der Waals surface area contributed by atoms with Crippen molar-refractivity contribution in [2.45, 2.75) is 6.92 Å². The largest absolute Gasteiger partial charge is 0.497 e. The highest BCUT2D eigenvalue weighted by Gasteiger charge is 2.06. The van der Waals surface area contributed by atoms with Crippen molar-refractivity contribution in [1.82, 2.24) is 9.38 Å². The Kier molecular flexibility index (Phi) is 3.25. The van der Waals surface area contributed by atoms with Gasteiger partial charge in [-0.25, -0.2) is 4.98 Å². The molecule has 2 heterocycles. The van der Waals surface area contributed by atoms with Crippen LogP contribution in [0.1, 0.15) is 12.6 Å². The summed E-state index contributed by atoms with van der Waals surface area (Å²) in [5.41, 5.74) is 4.06. The van der Waals surface area contributed by atoms with E-state index in [0.717, 1.165) is 28.0 Å². The molecule has 1 aromatic carbocycles. The Morgan fingerprint density at radius 3 is 2.85 bits per heavy atom. The first kappa shape index (κ1) is 12.5. The van der Waals surface area contributed by atoms with Crippen molar-refractivity contribution < 1.29 is 4.74 Å². The molecule has 2 aromatic heterocycles. The summed E-state index contributed by atoms with van der Waals surface area (Å²) in [6.07, 6.45) is 10.1. The van der Waals surface area contributed by atoms with Crippen LogP contribution in [0.5, 0.6) is 5.75 Å². The topological polar surface area (TPSA) is 26.5 Å². The molecule has 100 valence electrons. The number of benzene rings is 1. The molecular formula is C17H16N2O. The van der Waals surface area contributed by atoms with Crippen molar-refractivity contribution in [3.8, 4) is 5.75 Å². The minimum Gasteiger partial charge on any atom is -0.497 e. The number of allylic oxidation sites excluding steroid dienone is 3. The quantitative estimate of drug-likeness (QED) is 0.666. The van der Waals surface area contributed by atoms with E-state index in [0.29, 0.717) is 0 Å². The second kappa shape index (κ2) is 5.21. The molecule has 0 radical (unpaired) electrons. The molecule has 0 saturated heterocycles. The van der Waals surface area contributed by atoms with Crippen LogP contribution in [0.2, 0.25) is 0 Å². The molecule has 0 spiro atoms. The Balaban J connectivity index is 2.28. The zero-order chi connectivity index (χ0) is 13.9. The van der Waals surface area contributed by atoms with Gasteiger partial charge in [-0.1, -0.05) is 18.2 Å². The standard InChI is InChI=1S/C17H16N2O/c1-3-4-5-7-14-16-8-6-11-19(16)17-10-9-13(20-2)12-15(17)18-14/h3-12H,1-2H3/b4-3+,7-5+. The van der Waals surface area contributed by atoms with E-state index in [-0.39, 0.29) is 0 Å². The predicted molar refractivity (Wildman–Crippen MR) is 83.1 cm³/mol. The van der Waals surface area contributed by atoms with Gasteiger partial charge in [0.25, 0.3) is 0 Å². The minimum absolute atomic E-state index is 0.819. The van der Waals surface area contributed by atoms with Gasteiger partial charge in [0.1, 0.15) is 5.75 Å². The molecular weight excluding hydrogens is 248 g/mol. The van der Waals surface area contributed by atoms with Gasteiger partial charge >= 0.3 is 0 Å². The summed E-state index contributed by atoms with van der Waals surface area (Å²) in [5.74, 6) is 0.819. The maximum atomic E-state index is 5.28. The fourth-order valence-electron chi connectivity index (χ4n) is 2.29. The third-order valence-electron chi connectivity index (χ3n) is 3.25. The second-order valence-corrected chi connectivity index (χ2v) is 4.50. The molecule has 20 heavy (non-hydrogen) atoms. The number of nitrogens with zero attached hydrogens (tertiary/aromatic N) is 2. The number of rotatable bonds is 3. The van der Waals surface area contributed by atoms with E-state index in [2.05, 4.69) is 16.7 Å². The average Bonchev–Trinajstić information content (AvgIpc) is 2.96. The lowest BCUT2D eigenvalue weighted by Gasteiger charge is -2.07. The number of aromatic nitrogens is 2. The number of hydrogen-bond acceptors (Lipinski definition) is 2. The first-order valence-corrected chi connectivity index (χ1v) is 6.57. The van der Waals surface area contributed by atoms with Crippen LogP contribution in [0.25, 0.3) is 22.6 Å². The van der Waals surface area contributed by atoms with Crippen LogP contribution in [0, 0.1) is 0 Å². The third kappa shape index (κ3) is 2.07. The first-order chi connectivity index (χ1) is 9.83. The van der Waals surface area contributed by atoms with Crippen LogP contribution in [-0.2, 0) is 0 Å². The van der Waals surface area contributed by atoms with Crippen molar-refractivity contribution in [2.75, 3.05) is 7.11 Å². The molecule has 0 aliphatic rings. The molecule has 0 fully saturated rings. The van der Waals surface area contributed by atoms with E-state index in [4.69, 9.17) is 9.72 Å². The van der Waals surface area contributed by atoms with Gasteiger partial charge in [-0.05, 0) is 37.3 Å². The highest BCUT2D eigenvalue weighted by atomic mass is 16.5. The van der Waals surface area contributed by atoms with Crippen LogP contribution >= 0.6 is 0 Å². The summed E-state index contributed by atoms with van der Waals surface area (Å²) in [4.78, 5) is 4.73. The summed E-state index contributed by atoms with van der Waals surface area (Å²) in [6.45, 7) is 2.00. The lowest BCUT2D eigenvalue weighted by atomic mass is 10.2. The molecule has 0 aliphatic carbocycles. The lowest BCUT2D eigenvalue weighted by Crippen LogP contribution is -1.94. The van der Waals surface area contributed by atoms with Crippen LogP contribution in [0.15, 0.2) is 54.8 Å². The molecule has 0 saturated carbocycles. The molecule has 0 bridgehead atoms. The van der Waals surface area contributed by atoms with E-state index in [1.54, 1.807) is 7.11 Å². The summed E-state index contributed by atoms with van der Waals surface area (Å²) in [6, 6.07) is 10.1. The van der Waals surface area contributed by atoms with Crippen molar-refractivity contribution in [2.24, 2.45) is 0 Å². The van der Waals surface area contributed by atoms with E-state index in [1.165, 1.54) is 0 Å². The molecule has 3 nitrogen and oxygen atoms in total. The summed E-state index contributed by atoms with van der Waals surface area (Å²) >= 11 is 0. The van der Waals surface area contributed by atoms with Crippen molar-refractivity contribution >= 4 is 22.6 Å². The van der Waals surface area contributed by atoms with Gasteiger partial charge in [0.15, 0.2) is 0 Å². The van der Waals surface area contributed by atoms with Crippen LogP contribution in [0.4, 0.5) is 0 Å². The van der Waals surface area contributed by atoms with Gasteiger partial charge in [0, 0.05) is 12.3 Å². The van der Waals surface area contributed by atoms with E-state index in [1.807, 2.05) is 55.5 Å². The molecule has 3 rings (SSSR count). The zero-order valence-electron chi connectivity index (χ0n) is 11.6. The molecule has 0 aliphatic heterocycles. The Morgan fingerprint density at radius 1 is 1.15 bits per heavy atom. The van der Waals surface area contributed by atoms with Crippen LogP contribution in [-0.4, -0.2) is 16.5 Å². The molecule has 0 N–H and O–H groups in total. The monoisotopic (exact) mass is 264 g/mol. The highest BCUT2D eigenvalue weighted by molar-refractivity contribution is 5.84. The Labute approximate surface area is 117 Å². The molecule has 0 unspecified atom stereocenters. The zero-order valence-corrected chi connectivity index (χ0v) is 11.6. The SMILES string of the molecule is C/C=C/C=C/c1nc2cc(OC)ccc2n2cccc12. The number of hydrogen-bond donors (Lipinski definition) is 0. The van der Waals surface area contributed by atoms with Crippen LogP contribution in [0.3, 0.4) is 0 Å². The van der Waals surface area contributed by atoms with Gasteiger partial charge in [0.05, 0.1) is 29.4 Å². The number of ether oxygens (including phenoxy) is 1. The van der Waals surface area contributed by atoms with E-state index >= 15 is 0 Å². The van der Waals surface area contributed by atoms with E-state index < -0.39 is 0 Å². The summed E-state index contributed by atoms with van der Waals surface area (Å²) in [7, 11) is 1.67. The minimum atomic E-state index is 0.819. The lowest BCUT2D eigenvalue weighted by molar-refractivity contribution is 0.415. The Hall–Kier alpha value is -2.55. The van der Waals surface area contributed by atoms with Crippen molar-refractivity contribution in [3.05, 3.63) is 60.5 Å². The van der Waals surface area contributed by atoms with Gasteiger partial charge in [0.2, 0.25) is 0 Å². The van der Waals surface area contributed by atoms with Crippen LogP contribution < -0.4 is 4.74 Å². The number of methoxy groups -OCH3 is 1. The molecule has 0 atom stereocenters. The maximum Gasteiger partial charge on any atom is 0.121 e. The maximum absolute atomic E-state index is 5.28. The average molecular weight is 264 g/mol. The second-order valence-electron chi connectivity index (χ2n) is 4.50. The third-order valence-corrected chi connectivity index (χ3v) is 3.25. The van der Waals surface area contributed by atoms with E-state index in [9.17, 15) is 0 Å². The highest BCUT2D eigenvalue weighted by Crippen LogP contribution is 2.23.